The molecule has 2 aliphatic rings. The predicted molar refractivity (Wildman–Crippen MR) is 74.5 cm³/mol. The molecule has 0 atom stereocenters. The number of nitrogens with zero attached hydrogens (tertiary/aromatic N) is 1. The van der Waals surface area contributed by atoms with Gasteiger partial charge in [-0.1, -0.05) is 6.07 Å². The van der Waals surface area contributed by atoms with Crippen LogP contribution in [0.15, 0.2) is 18.2 Å². The molecule has 0 radical (unpaired) electrons. The molecule has 0 bridgehead atoms. The number of benzene rings is 1. The predicted octanol–water partition coefficient (Wildman–Crippen LogP) is 2.19. The third kappa shape index (κ3) is 2.46. The zero-order valence-corrected chi connectivity index (χ0v) is 11.1. The second kappa shape index (κ2) is 5.19. The van der Waals surface area contributed by atoms with Crippen LogP contribution in [0.5, 0.6) is 5.75 Å². The molecule has 1 saturated heterocycles. The maximum Gasteiger partial charge on any atom is 0.142 e. The minimum Gasteiger partial charge on any atom is -0.490 e. The number of ether oxygens (including phenoxy) is 1. The second-order valence-electron chi connectivity index (χ2n) is 5.46. The van der Waals surface area contributed by atoms with Crippen LogP contribution in [-0.4, -0.2) is 32.8 Å². The monoisotopic (exact) mass is 246 g/mol. The third-order valence-corrected chi connectivity index (χ3v) is 4.01. The number of hydrogen-bond acceptors (Lipinski definition) is 3. The summed E-state index contributed by atoms with van der Waals surface area (Å²) in [6, 6.07) is 6.55. The van der Waals surface area contributed by atoms with Crippen molar-refractivity contribution in [3.8, 4) is 5.75 Å². The van der Waals surface area contributed by atoms with E-state index in [0.717, 1.165) is 24.8 Å². The maximum absolute atomic E-state index is 5.77. The van der Waals surface area contributed by atoms with Crippen LogP contribution in [0, 0.1) is 12.8 Å². The van der Waals surface area contributed by atoms with Crippen molar-refractivity contribution >= 4 is 5.69 Å². The van der Waals surface area contributed by atoms with Gasteiger partial charge >= 0.3 is 0 Å². The van der Waals surface area contributed by atoms with Gasteiger partial charge in [-0.3, -0.25) is 0 Å². The molecular formula is C15H22N2O. The third-order valence-electron chi connectivity index (χ3n) is 4.01. The minimum atomic E-state index is 0.821. The number of piperidine rings is 1. The van der Waals surface area contributed by atoms with Gasteiger partial charge in [0.05, 0.1) is 12.2 Å². The molecule has 2 heterocycles. The summed E-state index contributed by atoms with van der Waals surface area (Å²) in [7, 11) is 0. The largest absolute Gasteiger partial charge is 0.490 e. The lowest BCUT2D eigenvalue weighted by atomic mass is 9.97. The van der Waals surface area contributed by atoms with E-state index in [1.165, 1.54) is 43.7 Å². The lowest BCUT2D eigenvalue weighted by Crippen LogP contribution is -2.40. The summed E-state index contributed by atoms with van der Waals surface area (Å²) in [6.45, 7) is 7.50. The zero-order chi connectivity index (χ0) is 12.4. The summed E-state index contributed by atoms with van der Waals surface area (Å²) in [5.41, 5.74) is 2.56. The van der Waals surface area contributed by atoms with Gasteiger partial charge in [0, 0.05) is 6.54 Å². The molecule has 3 rings (SSSR count). The molecule has 18 heavy (non-hydrogen) atoms. The lowest BCUT2D eigenvalue weighted by molar-refractivity contribution is 0.295. The smallest absolute Gasteiger partial charge is 0.142 e. The van der Waals surface area contributed by atoms with E-state index < -0.39 is 0 Å². The van der Waals surface area contributed by atoms with Crippen molar-refractivity contribution in [1.82, 2.24) is 5.32 Å². The summed E-state index contributed by atoms with van der Waals surface area (Å²) in [6.07, 6.45) is 2.61. The van der Waals surface area contributed by atoms with Crippen molar-refractivity contribution < 1.29 is 4.74 Å². The highest BCUT2D eigenvalue weighted by Crippen LogP contribution is 2.33. The average molecular weight is 246 g/mol. The minimum absolute atomic E-state index is 0.821. The normalized spacial score (nSPS) is 20.4. The molecule has 0 unspecified atom stereocenters. The Hall–Kier alpha value is -1.22. The van der Waals surface area contributed by atoms with E-state index in [1.807, 2.05) is 0 Å². The number of hydrogen-bond donors (Lipinski definition) is 1. The molecule has 0 spiro atoms. The highest BCUT2D eigenvalue weighted by atomic mass is 16.5. The number of anilines is 1. The highest BCUT2D eigenvalue weighted by molar-refractivity contribution is 5.61. The van der Waals surface area contributed by atoms with Gasteiger partial charge in [0.1, 0.15) is 12.4 Å². The van der Waals surface area contributed by atoms with Gasteiger partial charge < -0.3 is 15.0 Å². The average Bonchev–Trinajstić information content (AvgIpc) is 2.40. The summed E-state index contributed by atoms with van der Waals surface area (Å²) in [4.78, 5) is 2.51. The van der Waals surface area contributed by atoms with Crippen molar-refractivity contribution in [1.29, 1.82) is 0 Å². The van der Waals surface area contributed by atoms with Gasteiger partial charge in [0.15, 0.2) is 0 Å². The number of aryl methyl sites for hydroxylation is 1. The first kappa shape index (κ1) is 11.8. The Bertz CT molecular complexity index is 413. The highest BCUT2D eigenvalue weighted by Gasteiger charge is 2.22. The van der Waals surface area contributed by atoms with Crippen LogP contribution in [0.4, 0.5) is 5.69 Å². The van der Waals surface area contributed by atoms with Crippen molar-refractivity contribution in [3.63, 3.8) is 0 Å². The summed E-state index contributed by atoms with van der Waals surface area (Å²) in [5, 5.41) is 3.44. The molecule has 0 saturated carbocycles. The molecule has 0 aromatic heterocycles. The molecule has 98 valence electrons. The first-order chi connectivity index (χ1) is 8.83. The fraction of sp³-hybridized carbons (Fsp3) is 0.600. The van der Waals surface area contributed by atoms with Crippen molar-refractivity contribution in [2.24, 2.45) is 5.92 Å². The van der Waals surface area contributed by atoms with Crippen molar-refractivity contribution in [2.75, 3.05) is 37.7 Å². The Balaban J connectivity index is 1.74. The van der Waals surface area contributed by atoms with Gasteiger partial charge in [-0.2, -0.15) is 0 Å². The van der Waals surface area contributed by atoms with E-state index in [4.69, 9.17) is 4.74 Å². The van der Waals surface area contributed by atoms with Crippen LogP contribution < -0.4 is 15.0 Å². The molecule has 1 fully saturated rings. The van der Waals surface area contributed by atoms with Gasteiger partial charge in [0.2, 0.25) is 0 Å². The van der Waals surface area contributed by atoms with Crippen LogP contribution in [-0.2, 0) is 0 Å². The Kier molecular flexibility index (Phi) is 3.41. The van der Waals surface area contributed by atoms with Crippen molar-refractivity contribution in [3.05, 3.63) is 23.8 Å². The molecule has 2 aliphatic heterocycles. The topological polar surface area (TPSA) is 24.5 Å². The fourth-order valence-electron chi connectivity index (χ4n) is 2.95. The molecule has 3 heteroatoms. The van der Waals surface area contributed by atoms with Gasteiger partial charge in [0.25, 0.3) is 0 Å². The Morgan fingerprint density at radius 2 is 2.17 bits per heavy atom. The van der Waals surface area contributed by atoms with E-state index in [-0.39, 0.29) is 0 Å². The summed E-state index contributed by atoms with van der Waals surface area (Å²) >= 11 is 0. The number of nitrogens with one attached hydrogen (secondary N) is 1. The summed E-state index contributed by atoms with van der Waals surface area (Å²) in [5.74, 6) is 1.90. The maximum atomic E-state index is 5.77. The first-order valence-corrected chi connectivity index (χ1v) is 7.02. The van der Waals surface area contributed by atoms with E-state index in [9.17, 15) is 0 Å². The molecule has 1 N–H and O–H groups in total. The van der Waals surface area contributed by atoms with E-state index >= 15 is 0 Å². The quantitative estimate of drug-likeness (QED) is 0.865. The molecular weight excluding hydrogens is 224 g/mol. The zero-order valence-electron chi connectivity index (χ0n) is 11.1. The van der Waals surface area contributed by atoms with Crippen LogP contribution in [0.2, 0.25) is 0 Å². The number of rotatable bonds is 2. The van der Waals surface area contributed by atoms with E-state index in [2.05, 4.69) is 35.3 Å². The van der Waals surface area contributed by atoms with Gasteiger partial charge in [-0.25, -0.2) is 0 Å². The van der Waals surface area contributed by atoms with Crippen LogP contribution >= 0.6 is 0 Å². The SMILES string of the molecule is Cc1ccc2c(c1)OCCN2CC1CCNCC1. The molecule has 0 aliphatic carbocycles. The Labute approximate surface area is 109 Å². The van der Waals surface area contributed by atoms with Gasteiger partial charge in [-0.05, 0) is 56.5 Å². The van der Waals surface area contributed by atoms with Crippen LogP contribution in [0.25, 0.3) is 0 Å². The van der Waals surface area contributed by atoms with E-state index in [1.54, 1.807) is 0 Å². The lowest BCUT2D eigenvalue weighted by Gasteiger charge is -2.35. The van der Waals surface area contributed by atoms with Gasteiger partial charge in [-0.15, -0.1) is 0 Å². The first-order valence-electron chi connectivity index (χ1n) is 7.02. The van der Waals surface area contributed by atoms with Crippen LogP contribution in [0.3, 0.4) is 0 Å². The van der Waals surface area contributed by atoms with Crippen LogP contribution in [0.1, 0.15) is 18.4 Å². The fourth-order valence-corrected chi connectivity index (χ4v) is 2.95. The molecule has 0 amide bonds. The molecule has 3 nitrogen and oxygen atoms in total. The van der Waals surface area contributed by atoms with E-state index in [0.29, 0.717) is 0 Å². The molecule has 1 aromatic carbocycles. The van der Waals surface area contributed by atoms with Crippen molar-refractivity contribution in [2.45, 2.75) is 19.8 Å². The molecule has 1 aromatic rings. The Morgan fingerprint density at radius 1 is 1.33 bits per heavy atom. The standard InChI is InChI=1S/C15H22N2O/c1-12-2-3-14-15(10-12)18-9-8-17(14)11-13-4-6-16-7-5-13/h2-3,10,13,16H,4-9,11H2,1H3. The second-order valence-corrected chi connectivity index (χ2v) is 5.46. The Morgan fingerprint density at radius 3 is 3.00 bits per heavy atom. The number of fused-ring (bicyclic) bond motifs is 1. The summed E-state index contributed by atoms with van der Waals surface area (Å²) < 4.78 is 5.77.